The molecule has 1 N–H and O–H groups in total. The summed E-state index contributed by atoms with van der Waals surface area (Å²) in [6, 6.07) is 1.63. The Balaban J connectivity index is 2.75. The van der Waals surface area contributed by atoms with Crippen LogP contribution in [0.2, 0.25) is 5.02 Å². The highest BCUT2D eigenvalue weighted by Gasteiger charge is 2.10. The molecule has 90 valence electrons. The molecule has 0 saturated heterocycles. The fourth-order valence-corrected chi connectivity index (χ4v) is 1.81. The maximum atomic E-state index is 13.2. The summed E-state index contributed by atoms with van der Waals surface area (Å²) in [7, 11) is -3.13. The fourth-order valence-electron chi connectivity index (χ4n) is 1.07. The summed E-state index contributed by atoms with van der Waals surface area (Å²) in [4.78, 5) is 0. The molecule has 0 unspecified atom stereocenters. The highest BCUT2D eigenvalue weighted by molar-refractivity contribution is 7.90. The summed E-state index contributed by atoms with van der Waals surface area (Å²) in [5.74, 6) is -1.78. The molecule has 0 heterocycles. The molecular formula is C9H10ClF2NO2S. The SMILES string of the molecule is CS(=O)(=O)CCNc1c(F)cc(F)cc1Cl. The molecular weight excluding hydrogens is 260 g/mol. The minimum Gasteiger partial charge on any atom is -0.380 e. The van der Waals surface area contributed by atoms with Gasteiger partial charge in [0.05, 0.1) is 16.5 Å². The monoisotopic (exact) mass is 269 g/mol. The van der Waals surface area contributed by atoms with Crippen molar-refractivity contribution in [1.29, 1.82) is 0 Å². The van der Waals surface area contributed by atoms with E-state index < -0.39 is 21.5 Å². The van der Waals surface area contributed by atoms with Gasteiger partial charge in [-0.1, -0.05) is 11.6 Å². The first-order valence-corrected chi connectivity index (χ1v) is 6.79. The lowest BCUT2D eigenvalue weighted by molar-refractivity contribution is 0.584. The summed E-state index contributed by atoms with van der Waals surface area (Å²) in [6.45, 7) is 0.0150. The van der Waals surface area contributed by atoms with E-state index in [0.717, 1.165) is 12.3 Å². The van der Waals surface area contributed by atoms with Gasteiger partial charge < -0.3 is 5.32 Å². The van der Waals surface area contributed by atoms with E-state index in [2.05, 4.69) is 5.32 Å². The van der Waals surface area contributed by atoms with Crippen LogP contribution in [0, 0.1) is 11.6 Å². The highest BCUT2D eigenvalue weighted by atomic mass is 35.5. The second-order valence-corrected chi connectivity index (χ2v) is 5.97. The molecule has 0 radical (unpaired) electrons. The molecule has 0 aromatic heterocycles. The van der Waals surface area contributed by atoms with E-state index in [9.17, 15) is 17.2 Å². The third-order valence-corrected chi connectivity index (χ3v) is 3.03. The Labute approximate surface area is 97.3 Å². The fraction of sp³-hybridized carbons (Fsp3) is 0.333. The molecule has 3 nitrogen and oxygen atoms in total. The summed E-state index contributed by atoms with van der Waals surface area (Å²) >= 11 is 5.59. The lowest BCUT2D eigenvalue weighted by Crippen LogP contribution is -2.15. The highest BCUT2D eigenvalue weighted by Crippen LogP contribution is 2.25. The van der Waals surface area contributed by atoms with Crippen LogP contribution < -0.4 is 5.32 Å². The quantitative estimate of drug-likeness (QED) is 0.910. The van der Waals surface area contributed by atoms with Crippen molar-refractivity contribution in [2.24, 2.45) is 0 Å². The van der Waals surface area contributed by atoms with E-state index >= 15 is 0 Å². The van der Waals surface area contributed by atoms with Gasteiger partial charge in [-0.3, -0.25) is 0 Å². The molecule has 0 aliphatic carbocycles. The van der Waals surface area contributed by atoms with Crippen molar-refractivity contribution in [3.05, 3.63) is 28.8 Å². The molecule has 7 heteroatoms. The van der Waals surface area contributed by atoms with E-state index in [1.54, 1.807) is 0 Å². The topological polar surface area (TPSA) is 46.2 Å². The first-order valence-electron chi connectivity index (χ1n) is 4.36. The smallest absolute Gasteiger partial charge is 0.150 e. The normalized spacial score (nSPS) is 11.5. The molecule has 1 aromatic rings. The molecule has 0 amide bonds. The van der Waals surface area contributed by atoms with E-state index in [1.807, 2.05) is 0 Å². The van der Waals surface area contributed by atoms with Crippen LogP contribution in [-0.4, -0.2) is 27.0 Å². The Morgan fingerprint density at radius 3 is 2.50 bits per heavy atom. The minimum atomic E-state index is -3.13. The standard InChI is InChI=1S/C9H10ClF2NO2S/c1-16(14,15)3-2-13-9-7(10)4-6(11)5-8(9)12/h4-5,13H,2-3H2,1H3. The van der Waals surface area contributed by atoms with Crippen molar-refractivity contribution in [2.75, 3.05) is 23.9 Å². The molecule has 0 bridgehead atoms. The number of nitrogens with one attached hydrogen (secondary N) is 1. The Hall–Kier alpha value is -0.880. The second-order valence-electron chi connectivity index (χ2n) is 3.30. The van der Waals surface area contributed by atoms with Crippen LogP contribution in [0.25, 0.3) is 0 Å². The van der Waals surface area contributed by atoms with Crippen LogP contribution in [0.3, 0.4) is 0 Å². The average molecular weight is 270 g/mol. The van der Waals surface area contributed by atoms with Crippen molar-refractivity contribution in [3.63, 3.8) is 0 Å². The first-order chi connectivity index (χ1) is 7.29. The van der Waals surface area contributed by atoms with Crippen molar-refractivity contribution in [1.82, 2.24) is 0 Å². The molecule has 0 fully saturated rings. The Bertz CT molecular complexity index is 467. The van der Waals surface area contributed by atoms with Crippen molar-refractivity contribution in [2.45, 2.75) is 0 Å². The van der Waals surface area contributed by atoms with E-state index in [1.165, 1.54) is 0 Å². The Morgan fingerprint density at radius 2 is 2.00 bits per heavy atom. The number of benzene rings is 1. The molecule has 0 aliphatic heterocycles. The number of hydrogen-bond acceptors (Lipinski definition) is 3. The number of halogens is 3. The largest absolute Gasteiger partial charge is 0.380 e. The summed E-state index contributed by atoms with van der Waals surface area (Å²) in [6.07, 6.45) is 1.07. The number of anilines is 1. The third kappa shape index (κ3) is 3.94. The maximum absolute atomic E-state index is 13.2. The van der Waals surface area contributed by atoms with Crippen LogP contribution in [0.15, 0.2) is 12.1 Å². The van der Waals surface area contributed by atoms with Gasteiger partial charge in [0.1, 0.15) is 15.7 Å². The van der Waals surface area contributed by atoms with Crippen LogP contribution in [0.5, 0.6) is 0 Å². The average Bonchev–Trinajstić information content (AvgIpc) is 2.07. The Morgan fingerprint density at radius 1 is 1.38 bits per heavy atom. The van der Waals surface area contributed by atoms with Crippen LogP contribution >= 0.6 is 11.6 Å². The van der Waals surface area contributed by atoms with Crippen molar-refractivity contribution in [3.8, 4) is 0 Å². The summed E-state index contributed by atoms with van der Waals surface area (Å²) < 4.78 is 47.5. The predicted octanol–water partition coefficient (Wildman–Crippen LogP) is 2.07. The number of hydrogen-bond donors (Lipinski definition) is 1. The van der Waals surface area contributed by atoms with Gasteiger partial charge in [-0.15, -0.1) is 0 Å². The third-order valence-electron chi connectivity index (χ3n) is 1.78. The number of sulfone groups is 1. The molecule has 0 atom stereocenters. The second kappa shape index (κ2) is 4.97. The zero-order chi connectivity index (χ0) is 12.3. The molecule has 1 aromatic carbocycles. The van der Waals surface area contributed by atoms with Gasteiger partial charge in [0.25, 0.3) is 0 Å². The van der Waals surface area contributed by atoms with Crippen LogP contribution in [-0.2, 0) is 9.84 Å². The van der Waals surface area contributed by atoms with Crippen LogP contribution in [0.1, 0.15) is 0 Å². The van der Waals surface area contributed by atoms with Gasteiger partial charge in [-0.2, -0.15) is 0 Å². The first kappa shape index (κ1) is 13.2. The molecule has 0 aliphatic rings. The van der Waals surface area contributed by atoms with Gasteiger partial charge in [-0.05, 0) is 6.07 Å². The Kier molecular flexibility index (Phi) is 4.09. The zero-order valence-corrected chi connectivity index (χ0v) is 10.00. The zero-order valence-electron chi connectivity index (χ0n) is 8.43. The minimum absolute atomic E-state index is 0.0150. The van der Waals surface area contributed by atoms with Gasteiger partial charge in [-0.25, -0.2) is 17.2 Å². The van der Waals surface area contributed by atoms with E-state index in [4.69, 9.17) is 11.6 Å². The van der Waals surface area contributed by atoms with Crippen molar-refractivity contribution >= 4 is 27.1 Å². The van der Waals surface area contributed by atoms with E-state index in [0.29, 0.717) is 6.07 Å². The van der Waals surface area contributed by atoms with Gasteiger partial charge in [0, 0.05) is 18.9 Å². The van der Waals surface area contributed by atoms with Crippen LogP contribution in [0.4, 0.5) is 14.5 Å². The van der Waals surface area contributed by atoms with Gasteiger partial charge in [0.2, 0.25) is 0 Å². The lowest BCUT2D eigenvalue weighted by Gasteiger charge is -2.08. The summed E-state index contributed by atoms with van der Waals surface area (Å²) in [5.41, 5.74) is -0.0910. The molecule has 16 heavy (non-hydrogen) atoms. The predicted molar refractivity (Wildman–Crippen MR) is 59.6 cm³/mol. The molecule has 0 saturated carbocycles. The molecule has 1 rings (SSSR count). The van der Waals surface area contributed by atoms with E-state index in [-0.39, 0.29) is 23.0 Å². The van der Waals surface area contributed by atoms with Gasteiger partial charge in [0.15, 0.2) is 5.82 Å². The van der Waals surface area contributed by atoms with Gasteiger partial charge >= 0.3 is 0 Å². The molecule has 0 spiro atoms. The lowest BCUT2D eigenvalue weighted by atomic mass is 10.3. The maximum Gasteiger partial charge on any atom is 0.150 e. The van der Waals surface area contributed by atoms with Crippen molar-refractivity contribution < 1.29 is 17.2 Å². The number of rotatable bonds is 4. The summed E-state index contributed by atoms with van der Waals surface area (Å²) in [5, 5.41) is 2.39.